The Morgan fingerprint density at radius 3 is 2.24 bits per heavy atom. The Morgan fingerprint density at radius 1 is 0.974 bits per heavy atom. The molecule has 9 heteroatoms. The molecule has 3 N–H and O–H groups in total. The van der Waals surface area contributed by atoms with E-state index in [-0.39, 0.29) is 17.0 Å². The van der Waals surface area contributed by atoms with Gasteiger partial charge in [-0.3, -0.25) is 14.2 Å². The van der Waals surface area contributed by atoms with Gasteiger partial charge in [-0.1, -0.05) is 72.3 Å². The average molecular weight is 544 g/mol. The number of benzene rings is 3. The molecule has 2 heterocycles. The van der Waals surface area contributed by atoms with Crippen LogP contribution in [0.5, 0.6) is 0 Å². The van der Waals surface area contributed by atoms with E-state index in [1.54, 1.807) is 54.6 Å². The van der Waals surface area contributed by atoms with Crippen molar-refractivity contribution < 1.29 is 14.3 Å². The number of thiazole rings is 1. The van der Waals surface area contributed by atoms with Crippen molar-refractivity contribution in [2.24, 2.45) is 5.73 Å². The zero-order valence-electron chi connectivity index (χ0n) is 20.2. The van der Waals surface area contributed by atoms with E-state index in [1.165, 1.54) is 11.7 Å². The summed E-state index contributed by atoms with van der Waals surface area (Å²) < 4.78 is 7.00. The number of hydrogen-bond donors (Lipinski definition) is 2. The molecule has 0 aliphatic carbocycles. The summed E-state index contributed by atoms with van der Waals surface area (Å²) in [5.74, 6) is -2.17. The molecular weight excluding hydrogens is 522 g/mol. The van der Waals surface area contributed by atoms with Gasteiger partial charge in [0.1, 0.15) is 10.5 Å². The van der Waals surface area contributed by atoms with Gasteiger partial charge >= 0.3 is 5.97 Å². The van der Waals surface area contributed by atoms with Crippen LogP contribution in [0.4, 0.5) is 5.69 Å². The van der Waals surface area contributed by atoms with E-state index in [0.717, 1.165) is 16.9 Å². The van der Waals surface area contributed by atoms with Crippen LogP contribution in [0, 0.1) is 0 Å². The minimum absolute atomic E-state index is 0.0126. The summed E-state index contributed by atoms with van der Waals surface area (Å²) in [6.45, 7) is 0. The highest BCUT2D eigenvalue weighted by Crippen LogP contribution is 2.37. The van der Waals surface area contributed by atoms with Crippen LogP contribution in [0.2, 0.25) is 5.02 Å². The van der Waals surface area contributed by atoms with Gasteiger partial charge in [-0.25, -0.2) is 4.79 Å². The molecule has 0 saturated heterocycles. The molecule has 190 valence electrons. The van der Waals surface area contributed by atoms with Crippen molar-refractivity contribution in [2.75, 3.05) is 12.4 Å². The van der Waals surface area contributed by atoms with E-state index in [0.29, 0.717) is 25.5 Å². The summed E-state index contributed by atoms with van der Waals surface area (Å²) in [6, 6.07) is 25.0. The third-order valence-electron chi connectivity index (χ3n) is 6.13. The smallest absolute Gasteiger partial charge is 0.338 e. The molecule has 1 aliphatic heterocycles. The zero-order chi connectivity index (χ0) is 26.8. The quantitative estimate of drug-likeness (QED) is 0.376. The molecule has 38 heavy (non-hydrogen) atoms. The van der Waals surface area contributed by atoms with Crippen molar-refractivity contribution in [3.05, 3.63) is 126 Å². The Labute approximate surface area is 226 Å². The Morgan fingerprint density at radius 2 is 1.61 bits per heavy atom. The van der Waals surface area contributed by atoms with Crippen LogP contribution in [0.3, 0.4) is 0 Å². The number of halogens is 1. The lowest BCUT2D eigenvalue weighted by molar-refractivity contribution is -0.136. The lowest BCUT2D eigenvalue weighted by atomic mass is 9.83. The van der Waals surface area contributed by atoms with Crippen LogP contribution >= 0.6 is 22.9 Å². The third kappa shape index (κ3) is 4.67. The van der Waals surface area contributed by atoms with Gasteiger partial charge in [0.25, 0.3) is 11.5 Å². The maximum Gasteiger partial charge on any atom is 0.338 e. The second-order valence-electron chi connectivity index (χ2n) is 8.48. The molecule has 1 atom stereocenters. The molecule has 7 nitrogen and oxygen atoms in total. The fourth-order valence-corrected chi connectivity index (χ4v) is 5.69. The molecule has 0 radical (unpaired) electrons. The van der Waals surface area contributed by atoms with E-state index in [1.807, 2.05) is 36.4 Å². The van der Waals surface area contributed by atoms with E-state index in [4.69, 9.17) is 22.1 Å². The highest BCUT2D eigenvalue weighted by molar-refractivity contribution is 7.07. The number of nitrogens with zero attached hydrogens (tertiary/aromatic N) is 1. The molecule has 1 unspecified atom stereocenters. The van der Waals surface area contributed by atoms with Crippen LogP contribution in [0.25, 0.3) is 17.5 Å². The van der Waals surface area contributed by atoms with Crippen molar-refractivity contribution in [1.82, 2.24) is 4.57 Å². The number of amides is 1. The number of anilines is 1. The number of fused-ring (bicyclic) bond motifs is 1. The first kappa shape index (κ1) is 25.3. The van der Waals surface area contributed by atoms with Crippen molar-refractivity contribution in [1.29, 1.82) is 0 Å². The first-order chi connectivity index (χ1) is 18.4. The van der Waals surface area contributed by atoms with Crippen LogP contribution in [-0.2, 0) is 14.3 Å². The fourth-order valence-electron chi connectivity index (χ4n) is 4.39. The van der Waals surface area contributed by atoms with Gasteiger partial charge < -0.3 is 15.8 Å². The van der Waals surface area contributed by atoms with E-state index < -0.39 is 23.4 Å². The Bertz CT molecular complexity index is 1740. The maximum absolute atomic E-state index is 13.9. The number of carbonyl (C=O) groups excluding carboxylic acids is 2. The highest BCUT2D eigenvalue weighted by Gasteiger charge is 2.39. The molecule has 5 rings (SSSR count). The van der Waals surface area contributed by atoms with E-state index in [2.05, 4.69) is 5.32 Å². The van der Waals surface area contributed by atoms with Gasteiger partial charge in [0.05, 0.1) is 28.7 Å². The van der Waals surface area contributed by atoms with Crippen molar-refractivity contribution in [2.45, 2.75) is 5.92 Å². The number of aromatic nitrogens is 1. The molecule has 4 aromatic rings. The van der Waals surface area contributed by atoms with Gasteiger partial charge in [0.15, 0.2) is 0 Å². The summed E-state index contributed by atoms with van der Waals surface area (Å²) in [5, 5.41) is 3.40. The summed E-state index contributed by atoms with van der Waals surface area (Å²) in [4.78, 5) is 40.6. The number of methoxy groups -OCH3 is 1. The summed E-state index contributed by atoms with van der Waals surface area (Å²) in [5.41, 5.74) is 8.26. The minimum atomic E-state index is -0.876. The van der Waals surface area contributed by atoms with Crippen molar-refractivity contribution in [3.63, 3.8) is 0 Å². The average Bonchev–Trinajstić information content (AvgIpc) is 3.25. The predicted molar refractivity (Wildman–Crippen MR) is 150 cm³/mol. The van der Waals surface area contributed by atoms with Crippen molar-refractivity contribution in [3.8, 4) is 0 Å². The predicted octanol–water partition coefficient (Wildman–Crippen LogP) is 3.28. The monoisotopic (exact) mass is 543 g/mol. The molecule has 1 amide bonds. The SMILES string of the molecule is COC(=O)C1=C(N)n2c(s/c(=C\c3ccccc3)c2=O)=C(C(=O)Nc2ccc(Cl)cc2)C1c1ccccc1. The molecule has 0 spiro atoms. The molecule has 0 fully saturated rings. The second kappa shape index (κ2) is 10.5. The summed E-state index contributed by atoms with van der Waals surface area (Å²) >= 11 is 7.15. The molecule has 3 aromatic carbocycles. The van der Waals surface area contributed by atoms with Gasteiger partial charge in [-0.15, -0.1) is 11.3 Å². The van der Waals surface area contributed by atoms with Gasteiger partial charge in [-0.05, 0) is 41.5 Å². The standard InChI is InChI=1S/C29H22ClN3O4S/c1-37-29(36)23-22(18-10-6-3-7-11-18)24(26(34)32-20-14-12-19(30)13-15-20)28-33(25(23)31)27(35)21(38-28)16-17-8-4-2-5-9-17/h2-16,22H,31H2,1H3,(H,32,34)/b21-16-. The Hall–Kier alpha value is -4.40. The third-order valence-corrected chi connectivity index (χ3v) is 7.49. The zero-order valence-corrected chi connectivity index (χ0v) is 21.8. The molecule has 0 bridgehead atoms. The topological polar surface area (TPSA) is 103 Å². The number of carbonyl (C=O) groups is 2. The van der Waals surface area contributed by atoms with Crippen LogP contribution in [0.15, 0.2) is 95.3 Å². The maximum atomic E-state index is 13.9. The number of ether oxygens (including phenoxy) is 1. The largest absolute Gasteiger partial charge is 0.466 e. The fraction of sp³-hybridized carbons (Fsp3) is 0.0690. The number of nitrogens with one attached hydrogen (secondary N) is 1. The molecular formula is C29H22ClN3O4S. The highest BCUT2D eigenvalue weighted by atomic mass is 35.5. The number of nitrogens with two attached hydrogens (primary N) is 1. The number of hydrogen-bond acceptors (Lipinski definition) is 6. The first-order valence-corrected chi connectivity index (χ1v) is 12.8. The minimum Gasteiger partial charge on any atom is -0.466 e. The summed E-state index contributed by atoms with van der Waals surface area (Å²) in [6.07, 6.45) is 1.73. The lowest BCUT2D eigenvalue weighted by Gasteiger charge is -2.27. The normalized spacial score (nSPS) is 15.3. The van der Waals surface area contributed by atoms with Gasteiger partial charge in [-0.2, -0.15) is 0 Å². The molecule has 0 saturated carbocycles. The van der Waals surface area contributed by atoms with Crippen LogP contribution in [0.1, 0.15) is 17.0 Å². The van der Waals surface area contributed by atoms with Crippen molar-refractivity contribution >= 4 is 58.0 Å². The van der Waals surface area contributed by atoms with Gasteiger partial charge in [0.2, 0.25) is 0 Å². The van der Waals surface area contributed by atoms with Crippen LogP contribution in [-0.4, -0.2) is 23.6 Å². The Balaban J connectivity index is 1.83. The number of rotatable bonds is 5. The van der Waals surface area contributed by atoms with E-state index in [9.17, 15) is 14.4 Å². The number of esters is 1. The van der Waals surface area contributed by atoms with Gasteiger partial charge in [0, 0.05) is 10.7 Å². The van der Waals surface area contributed by atoms with E-state index >= 15 is 0 Å². The molecule has 1 aliphatic rings. The summed E-state index contributed by atoms with van der Waals surface area (Å²) in [7, 11) is 1.23. The molecule has 1 aromatic heterocycles. The first-order valence-electron chi connectivity index (χ1n) is 11.6. The lowest BCUT2D eigenvalue weighted by Crippen LogP contribution is -2.42. The van der Waals surface area contributed by atoms with Crippen LogP contribution < -0.4 is 25.8 Å². The second-order valence-corrected chi connectivity index (χ2v) is 9.94. The Kier molecular flexibility index (Phi) is 7.00.